The quantitative estimate of drug-likeness (QED) is 0.747. The molecule has 0 radical (unpaired) electrons. The van der Waals surface area contributed by atoms with E-state index in [-0.39, 0.29) is 12.1 Å². The van der Waals surface area contributed by atoms with Gasteiger partial charge in [-0.05, 0) is 46.6 Å². The van der Waals surface area contributed by atoms with Crippen molar-refractivity contribution in [3.8, 4) is 0 Å². The van der Waals surface area contributed by atoms with Gasteiger partial charge in [0.15, 0.2) is 5.54 Å². The van der Waals surface area contributed by atoms with E-state index >= 15 is 0 Å². The number of ether oxygens (including phenoxy) is 2. The monoisotopic (exact) mass is 270 g/mol. The number of alkyl carbamates (subject to hydrolysis) is 1. The van der Waals surface area contributed by atoms with Crippen LogP contribution in [0.5, 0.6) is 0 Å². The Labute approximate surface area is 113 Å². The van der Waals surface area contributed by atoms with E-state index in [1.54, 1.807) is 20.8 Å². The van der Waals surface area contributed by atoms with Crippen molar-refractivity contribution >= 4 is 12.1 Å². The lowest BCUT2D eigenvalue weighted by Crippen LogP contribution is -2.57. The molecule has 0 aromatic carbocycles. The molecule has 19 heavy (non-hydrogen) atoms. The third kappa shape index (κ3) is 3.83. The van der Waals surface area contributed by atoms with Gasteiger partial charge in [-0.15, -0.1) is 0 Å². The van der Waals surface area contributed by atoms with Crippen LogP contribution in [0.3, 0.4) is 0 Å². The molecule has 1 aliphatic carbocycles. The number of carbonyl (C=O) groups is 2. The predicted octanol–water partition coefficient (Wildman–Crippen LogP) is 0.949. The van der Waals surface area contributed by atoms with Crippen molar-refractivity contribution in [3.63, 3.8) is 0 Å². The van der Waals surface area contributed by atoms with Crippen molar-refractivity contribution in [2.24, 2.45) is 0 Å². The molecule has 108 valence electrons. The van der Waals surface area contributed by atoms with Crippen molar-refractivity contribution in [3.05, 3.63) is 0 Å². The number of rotatable bonds is 3. The number of esters is 1. The molecule has 1 amide bonds. The first-order valence-electron chi connectivity index (χ1n) is 6.74. The van der Waals surface area contributed by atoms with E-state index < -0.39 is 17.2 Å². The fraction of sp³-hybridized carbons (Fsp3) is 0.846. The molecule has 6 heteroatoms. The van der Waals surface area contributed by atoms with Crippen LogP contribution in [0.25, 0.3) is 0 Å². The van der Waals surface area contributed by atoms with E-state index in [9.17, 15) is 9.59 Å². The molecule has 1 saturated carbocycles. The zero-order chi connectivity index (χ0) is 14.1. The Morgan fingerprint density at radius 2 is 2.00 bits per heavy atom. The van der Waals surface area contributed by atoms with Crippen LogP contribution in [0.15, 0.2) is 0 Å². The Morgan fingerprint density at radius 1 is 1.32 bits per heavy atom. The SMILES string of the molecule is CC(C)(C)OC(=O)NC1(C(=O)OC2CC2)CCNC1. The molecule has 2 N–H and O–H groups in total. The zero-order valence-corrected chi connectivity index (χ0v) is 11.7. The van der Waals surface area contributed by atoms with Crippen LogP contribution in [0.2, 0.25) is 0 Å². The fourth-order valence-corrected chi connectivity index (χ4v) is 1.97. The summed E-state index contributed by atoms with van der Waals surface area (Å²) in [5, 5.41) is 5.77. The normalized spacial score (nSPS) is 26.9. The fourth-order valence-electron chi connectivity index (χ4n) is 1.97. The van der Waals surface area contributed by atoms with Crippen LogP contribution in [0.1, 0.15) is 40.0 Å². The van der Waals surface area contributed by atoms with Gasteiger partial charge in [-0.25, -0.2) is 9.59 Å². The summed E-state index contributed by atoms with van der Waals surface area (Å²) in [6, 6.07) is 0. The van der Waals surface area contributed by atoms with Gasteiger partial charge >= 0.3 is 12.1 Å². The smallest absolute Gasteiger partial charge is 0.408 e. The number of hydrogen-bond donors (Lipinski definition) is 2. The molecule has 6 nitrogen and oxygen atoms in total. The Balaban J connectivity index is 1.98. The maximum absolute atomic E-state index is 12.2. The van der Waals surface area contributed by atoms with Crippen molar-refractivity contribution in [2.45, 2.75) is 57.3 Å². The maximum Gasteiger partial charge on any atom is 0.408 e. The van der Waals surface area contributed by atoms with Gasteiger partial charge in [0.2, 0.25) is 0 Å². The summed E-state index contributed by atoms with van der Waals surface area (Å²) in [5.41, 5.74) is -1.57. The van der Waals surface area contributed by atoms with Gasteiger partial charge < -0.3 is 20.1 Å². The van der Waals surface area contributed by atoms with Gasteiger partial charge in [0, 0.05) is 6.54 Å². The Bertz CT molecular complexity index is 365. The summed E-state index contributed by atoms with van der Waals surface area (Å²) in [5.74, 6) is -0.356. The molecular weight excluding hydrogens is 248 g/mol. The highest BCUT2D eigenvalue weighted by Gasteiger charge is 2.46. The molecule has 0 bridgehead atoms. The molecule has 0 aromatic rings. The van der Waals surface area contributed by atoms with E-state index in [0.29, 0.717) is 19.5 Å². The van der Waals surface area contributed by atoms with E-state index in [0.717, 1.165) is 12.8 Å². The Kier molecular flexibility index (Phi) is 3.71. The summed E-state index contributed by atoms with van der Waals surface area (Å²) in [7, 11) is 0. The van der Waals surface area contributed by atoms with Crippen LogP contribution >= 0.6 is 0 Å². The summed E-state index contributed by atoms with van der Waals surface area (Å²) in [6.07, 6.45) is 1.82. The second-order valence-electron chi connectivity index (χ2n) is 6.24. The van der Waals surface area contributed by atoms with Gasteiger partial charge in [-0.2, -0.15) is 0 Å². The molecule has 1 heterocycles. The number of hydrogen-bond acceptors (Lipinski definition) is 5. The highest BCUT2D eigenvalue weighted by Crippen LogP contribution is 2.27. The van der Waals surface area contributed by atoms with Crippen molar-refractivity contribution in [1.82, 2.24) is 10.6 Å². The first-order valence-corrected chi connectivity index (χ1v) is 6.74. The topological polar surface area (TPSA) is 76.7 Å². The number of nitrogens with one attached hydrogen (secondary N) is 2. The first-order chi connectivity index (χ1) is 8.81. The molecule has 0 aromatic heterocycles. The van der Waals surface area contributed by atoms with E-state index in [1.807, 2.05) is 0 Å². The molecule has 2 fully saturated rings. The Morgan fingerprint density at radius 3 is 2.47 bits per heavy atom. The highest BCUT2D eigenvalue weighted by molar-refractivity contribution is 5.86. The molecular formula is C13H22N2O4. The number of amides is 1. The lowest BCUT2D eigenvalue weighted by Gasteiger charge is -2.29. The van der Waals surface area contributed by atoms with Crippen LogP contribution in [-0.4, -0.2) is 42.4 Å². The minimum absolute atomic E-state index is 0.0328. The molecule has 2 rings (SSSR count). The van der Waals surface area contributed by atoms with Crippen molar-refractivity contribution in [1.29, 1.82) is 0 Å². The summed E-state index contributed by atoms with van der Waals surface area (Å²) >= 11 is 0. The summed E-state index contributed by atoms with van der Waals surface area (Å²) < 4.78 is 10.5. The average molecular weight is 270 g/mol. The maximum atomic E-state index is 12.2. The number of carbonyl (C=O) groups excluding carboxylic acids is 2. The van der Waals surface area contributed by atoms with Crippen LogP contribution in [0.4, 0.5) is 4.79 Å². The summed E-state index contributed by atoms with van der Waals surface area (Å²) in [6.45, 7) is 6.42. The van der Waals surface area contributed by atoms with Crippen LogP contribution < -0.4 is 10.6 Å². The molecule has 2 aliphatic rings. The largest absolute Gasteiger partial charge is 0.461 e. The van der Waals surface area contributed by atoms with E-state index in [4.69, 9.17) is 9.47 Å². The molecule has 1 atom stereocenters. The first kappa shape index (κ1) is 14.1. The Hall–Kier alpha value is -1.30. The van der Waals surface area contributed by atoms with E-state index in [2.05, 4.69) is 10.6 Å². The average Bonchev–Trinajstić information content (AvgIpc) is 2.93. The second-order valence-corrected chi connectivity index (χ2v) is 6.24. The molecule has 1 unspecified atom stereocenters. The van der Waals surface area contributed by atoms with E-state index in [1.165, 1.54) is 0 Å². The van der Waals surface area contributed by atoms with Crippen LogP contribution in [0, 0.1) is 0 Å². The summed E-state index contributed by atoms with van der Waals surface area (Å²) in [4.78, 5) is 24.0. The molecule has 1 saturated heterocycles. The predicted molar refractivity (Wildman–Crippen MR) is 68.7 cm³/mol. The minimum atomic E-state index is -0.981. The van der Waals surface area contributed by atoms with Gasteiger partial charge in [0.1, 0.15) is 11.7 Å². The molecule has 0 spiro atoms. The standard InChI is InChI=1S/C13H22N2O4/c1-12(2,3)19-11(17)15-13(6-7-14-8-13)10(16)18-9-4-5-9/h9,14H,4-8H2,1-3H3,(H,15,17). The van der Waals surface area contributed by atoms with Gasteiger partial charge in [-0.1, -0.05) is 0 Å². The minimum Gasteiger partial charge on any atom is -0.461 e. The van der Waals surface area contributed by atoms with Crippen molar-refractivity contribution < 1.29 is 19.1 Å². The lowest BCUT2D eigenvalue weighted by atomic mass is 9.99. The third-order valence-electron chi connectivity index (χ3n) is 3.08. The lowest BCUT2D eigenvalue weighted by molar-refractivity contribution is -0.152. The zero-order valence-electron chi connectivity index (χ0n) is 11.7. The second kappa shape index (κ2) is 5.00. The highest BCUT2D eigenvalue weighted by atomic mass is 16.6. The van der Waals surface area contributed by atoms with Crippen molar-refractivity contribution in [2.75, 3.05) is 13.1 Å². The van der Waals surface area contributed by atoms with Gasteiger partial charge in [0.05, 0.1) is 0 Å². The third-order valence-corrected chi connectivity index (χ3v) is 3.08. The van der Waals surface area contributed by atoms with Gasteiger partial charge in [0.25, 0.3) is 0 Å². The van der Waals surface area contributed by atoms with Crippen LogP contribution in [-0.2, 0) is 14.3 Å². The molecule has 1 aliphatic heterocycles. The van der Waals surface area contributed by atoms with Gasteiger partial charge in [-0.3, -0.25) is 0 Å².